The van der Waals surface area contributed by atoms with E-state index in [0.29, 0.717) is 15.6 Å². The average Bonchev–Trinajstić information content (AvgIpc) is 2.65. The maximum atomic E-state index is 12.9. The molecule has 2 heterocycles. The number of fused-ring (bicyclic) bond motifs is 1. The standard InChI is InChI=1S/C13H11BrN2O4/c14-9-3-1-2-7-8(9)6-16(20,13(7)19)10-4-5-11(17)15-12(10)18/h1-3,10H,4-6H2,(H,15,17,18). The van der Waals surface area contributed by atoms with Crippen molar-refractivity contribution in [2.24, 2.45) is 0 Å². The van der Waals surface area contributed by atoms with Crippen molar-refractivity contribution < 1.29 is 19.0 Å². The van der Waals surface area contributed by atoms with Crippen molar-refractivity contribution in [1.82, 2.24) is 5.32 Å². The summed E-state index contributed by atoms with van der Waals surface area (Å²) in [6.07, 6.45) is 0.189. The molecule has 0 spiro atoms. The minimum absolute atomic E-state index is 0.0815. The number of hydroxylamine groups is 3. The van der Waals surface area contributed by atoms with Crippen LogP contribution in [-0.2, 0) is 16.1 Å². The molecule has 2 aliphatic heterocycles. The van der Waals surface area contributed by atoms with E-state index in [9.17, 15) is 19.6 Å². The zero-order valence-corrected chi connectivity index (χ0v) is 12.0. The van der Waals surface area contributed by atoms with Gasteiger partial charge in [-0.25, -0.2) is 4.79 Å². The van der Waals surface area contributed by atoms with E-state index in [1.165, 1.54) is 0 Å². The monoisotopic (exact) mass is 338 g/mol. The fraction of sp³-hybridized carbons (Fsp3) is 0.308. The van der Waals surface area contributed by atoms with E-state index in [4.69, 9.17) is 0 Å². The van der Waals surface area contributed by atoms with E-state index in [0.717, 1.165) is 0 Å². The van der Waals surface area contributed by atoms with E-state index in [-0.39, 0.29) is 19.4 Å². The van der Waals surface area contributed by atoms with E-state index in [1.807, 2.05) is 0 Å². The van der Waals surface area contributed by atoms with E-state index >= 15 is 0 Å². The van der Waals surface area contributed by atoms with Gasteiger partial charge in [0.05, 0.1) is 5.56 Å². The zero-order chi connectivity index (χ0) is 14.5. The summed E-state index contributed by atoms with van der Waals surface area (Å²) in [5.74, 6) is -1.67. The van der Waals surface area contributed by atoms with E-state index in [2.05, 4.69) is 21.2 Å². The highest BCUT2D eigenvalue weighted by atomic mass is 79.9. The molecule has 0 radical (unpaired) electrons. The van der Waals surface area contributed by atoms with Crippen LogP contribution in [0.2, 0.25) is 0 Å². The summed E-state index contributed by atoms with van der Waals surface area (Å²) in [5, 5.41) is 15.0. The van der Waals surface area contributed by atoms with Gasteiger partial charge in [-0.1, -0.05) is 22.0 Å². The first-order valence-electron chi connectivity index (χ1n) is 6.18. The first-order valence-corrected chi connectivity index (χ1v) is 6.97. The second-order valence-electron chi connectivity index (χ2n) is 4.99. The summed E-state index contributed by atoms with van der Waals surface area (Å²) in [7, 11) is 0. The predicted molar refractivity (Wildman–Crippen MR) is 72.0 cm³/mol. The summed E-state index contributed by atoms with van der Waals surface area (Å²) >= 11 is 3.32. The lowest BCUT2D eigenvalue weighted by Crippen LogP contribution is -2.60. The molecule has 104 valence electrons. The van der Waals surface area contributed by atoms with Crippen LogP contribution < -0.4 is 5.32 Å². The van der Waals surface area contributed by atoms with Gasteiger partial charge in [0.15, 0.2) is 6.04 Å². The highest BCUT2D eigenvalue weighted by Gasteiger charge is 2.49. The van der Waals surface area contributed by atoms with Gasteiger partial charge < -0.3 is 5.21 Å². The third-order valence-corrected chi connectivity index (χ3v) is 4.54. The number of halogens is 1. The number of hydrogen-bond acceptors (Lipinski definition) is 4. The van der Waals surface area contributed by atoms with Gasteiger partial charge in [-0.15, -0.1) is 0 Å². The first kappa shape index (κ1) is 13.4. The number of piperidine rings is 1. The van der Waals surface area contributed by atoms with Crippen LogP contribution in [0.1, 0.15) is 28.8 Å². The molecule has 1 N–H and O–H groups in total. The van der Waals surface area contributed by atoms with Crippen LogP contribution in [0.25, 0.3) is 0 Å². The maximum absolute atomic E-state index is 12.9. The lowest BCUT2D eigenvalue weighted by atomic mass is 10.0. The molecule has 2 aliphatic rings. The summed E-state index contributed by atoms with van der Waals surface area (Å²) in [5.41, 5.74) is 0.969. The molecule has 1 aromatic carbocycles. The molecule has 2 unspecified atom stereocenters. The molecule has 20 heavy (non-hydrogen) atoms. The Morgan fingerprint density at radius 1 is 1.30 bits per heavy atom. The number of imide groups is 1. The van der Waals surface area contributed by atoms with Gasteiger partial charge in [0.1, 0.15) is 6.54 Å². The van der Waals surface area contributed by atoms with Crippen LogP contribution in [0.4, 0.5) is 0 Å². The Hall–Kier alpha value is -1.57. The number of quaternary nitrogens is 1. The normalized spacial score (nSPS) is 29.3. The van der Waals surface area contributed by atoms with Crippen molar-refractivity contribution in [3.05, 3.63) is 39.0 Å². The molecule has 0 aromatic heterocycles. The van der Waals surface area contributed by atoms with Gasteiger partial charge in [-0.2, -0.15) is 0 Å². The molecule has 1 fully saturated rings. The van der Waals surface area contributed by atoms with Crippen molar-refractivity contribution in [3.8, 4) is 0 Å². The maximum Gasteiger partial charge on any atom is 0.347 e. The highest BCUT2D eigenvalue weighted by Crippen LogP contribution is 2.37. The van der Waals surface area contributed by atoms with Crippen LogP contribution in [0.3, 0.4) is 0 Å². The minimum Gasteiger partial charge on any atom is -0.624 e. The Morgan fingerprint density at radius 3 is 2.70 bits per heavy atom. The largest absolute Gasteiger partial charge is 0.624 e. The number of nitrogens with one attached hydrogen (secondary N) is 1. The van der Waals surface area contributed by atoms with Gasteiger partial charge in [0, 0.05) is 22.9 Å². The van der Waals surface area contributed by atoms with Gasteiger partial charge in [-0.3, -0.25) is 19.6 Å². The van der Waals surface area contributed by atoms with Gasteiger partial charge in [0.2, 0.25) is 5.91 Å². The molecular formula is C13H11BrN2O4. The van der Waals surface area contributed by atoms with Crippen LogP contribution in [0.15, 0.2) is 22.7 Å². The summed E-state index contributed by atoms with van der Waals surface area (Å²) in [6, 6.07) is 3.97. The molecule has 0 bridgehead atoms. The molecule has 7 heteroatoms. The highest BCUT2D eigenvalue weighted by molar-refractivity contribution is 9.10. The third-order valence-electron chi connectivity index (χ3n) is 3.80. The van der Waals surface area contributed by atoms with Crippen LogP contribution in [0, 0.1) is 5.21 Å². The number of carbonyl (C=O) groups is 3. The quantitative estimate of drug-likeness (QED) is 0.474. The predicted octanol–water partition coefficient (Wildman–Crippen LogP) is 1.22. The van der Waals surface area contributed by atoms with Crippen molar-refractivity contribution in [1.29, 1.82) is 0 Å². The Kier molecular flexibility index (Phi) is 3.00. The van der Waals surface area contributed by atoms with Crippen LogP contribution in [0.5, 0.6) is 0 Å². The third kappa shape index (κ3) is 1.81. The minimum atomic E-state index is -1.24. The Morgan fingerprint density at radius 2 is 2.05 bits per heavy atom. The second-order valence-corrected chi connectivity index (χ2v) is 5.85. The Labute approximate surface area is 123 Å². The molecule has 0 saturated carbocycles. The number of hydrogen-bond donors (Lipinski definition) is 1. The van der Waals surface area contributed by atoms with E-state index < -0.39 is 28.4 Å². The van der Waals surface area contributed by atoms with E-state index in [1.54, 1.807) is 18.2 Å². The van der Waals surface area contributed by atoms with Crippen molar-refractivity contribution in [2.75, 3.05) is 0 Å². The molecule has 3 amide bonds. The molecule has 3 rings (SSSR count). The van der Waals surface area contributed by atoms with Crippen molar-refractivity contribution in [2.45, 2.75) is 25.4 Å². The molecular weight excluding hydrogens is 328 g/mol. The smallest absolute Gasteiger partial charge is 0.347 e. The lowest BCUT2D eigenvalue weighted by molar-refractivity contribution is -0.825. The summed E-state index contributed by atoms with van der Waals surface area (Å²) in [4.78, 5) is 35.4. The Balaban J connectivity index is 1.99. The average molecular weight is 339 g/mol. The lowest BCUT2D eigenvalue weighted by Gasteiger charge is -2.42. The molecule has 2 atom stereocenters. The van der Waals surface area contributed by atoms with Gasteiger partial charge in [-0.05, 0) is 12.1 Å². The summed E-state index contributed by atoms with van der Waals surface area (Å²) in [6.45, 7) is -0.0815. The SMILES string of the molecule is O=C1CCC([N+]2([O-])Cc3c(Br)cccc3C2=O)C(=O)N1. The second kappa shape index (κ2) is 4.47. The van der Waals surface area contributed by atoms with Crippen LogP contribution in [-0.4, -0.2) is 28.4 Å². The number of rotatable bonds is 1. The number of amides is 3. The zero-order valence-electron chi connectivity index (χ0n) is 10.4. The number of nitrogens with zero attached hydrogens (tertiary/aromatic N) is 1. The van der Waals surface area contributed by atoms with Crippen molar-refractivity contribution in [3.63, 3.8) is 0 Å². The number of benzene rings is 1. The first-order chi connectivity index (χ1) is 9.43. The van der Waals surface area contributed by atoms with Gasteiger partial charge in [0.25, 0.3) is 5.91 Å². The van der Waals surface area contributed by atoms with Gasteiger partial charge >= 0.3 is 5.91 Å². The fourth-order valence-corrected chi connectivity index (χ4v) is 3.25. The summed E-state index contributed by atoms with van der Waals surface area (Å²) < 4.78 is -0.552. The molecule has 1 aromatic rings. The van der Waals surface area contributed by atoms with Crippen LogP contribution >= 0.6 is 15.9 Å². The molecule has 6 nitrogen and oxygen atoms in total. The van der Waals surface area contributed by atoms with Crippen molar-refractivity contribution >= 4 is 33.7 Å². The Bertz CT molecular complexity index is 645. The molecule has 1 saturated heterocycles. The molecule has 0 aliphatic carbocycles. The number of carbonyl (C=O) groups excluding carboxylic acids is 3. The fourth-order valence-electron chi connectivity index (χ4n) is 2.76. The topological polar surface area (TPSA) is 86.3 Å².